The highest BCUT2D eigenvalue weighted by molar-refractivity contribution is 5.84. The maximum absolute atomic E-state index is 11.6. The Balaban J connectivity index is 2.77. The molecule has 1 amide bonds. The van der Waals surface area contributed by atoms with Gasteiger partial charge in [0.15, 0.2) is 11.5 Å². The smallest absolute Gasteiger partial charge is 0.237 e. The molecule has 1 rings (SSSR count). The number of nitrogens with two attached hydrogens (primary N) is 1. The van der Waals surface area contributed by atoms with Crippen LogP contribution in [0, 0.1) is 0 Å². The zero-order valence-electron chi connectivity index (χ0n) is 13.1. The van der Waals surface area contributed by atoms with E-state index in [-0.39, 0.29) is 0 Å². The number of benzene rings is 1. The number of methoxy groups -OCH3 is 2. The Morgan fingerprint density at radius 3 is 2.29 bits per heavy atom. The lowest BCUT2D eigenvalue weighted by Crippen LogP contribution is -2.53. The van der Waals surface area contributed by atoms with Crippen molar-refractivity contribution in [2.75, 3.05) is 27.4 Å². The maximum Gasteiger partial charge on any atom is 0.237 e. The van der Waals surface area contributed by atoms with Crippen LogP contribution in [0.2, 0.25) is 0 Å². The number of amides is 1. The van der Waals surface area contributed by atoms with Crippen LogP contribution in [0.3, 0.4) is 0 Å². The molecule has 0 saturated heterocycles. The molecule has 21 heavy (non-hydrogen) atoms. The molecule has 6 nitrogen and oxygen atoms in total. The molecule has 3 N–H and O–H groups in total. The lowest BCUT2D eigenvalue weighted by Gasteiger charge is -2.27. The van der Waals surface area contributed by atoms with Crippen LogP contribution in [0.25, 0.3) is 0 Å². The lowest BCUT2D eigenvalue weighted by atomic mass is 9.97. The number of likely N-dealkylation sites (N-methyl/N-ethyl adjacent to an activating group) is 1. The summed E-state index contributed by atoms with van der Waals surface area (Å²) in [6.45, 7) is 4.65. The summed E-state index contributed by atoms with van der Waals surface area (Å²) in [6.07, 6.45) is 0.442. The minimum atomic E-state index is -0.802. The highest BCUT2D eigenvalue weighted by Gasteiger charge is 2.30. The summed E-state index contributed by atoms with van der Waals surface area (Å²) in [5.41, 5.74) is 4.64. The molecule has 118 valence electrons. The van der Waals surface area contributed by atoms with Crippen LogP contribution in [-0.2, 0) is 4.79 Å². The van der Waals surface area contributed by atoms with E-state index >= 15 is 0 Å². The summed E-state index contributed by atoms with van der Waals surface area (Å²) in [6, 6.07) is 5.39. The second-order valence-electron chi connectivity index (χ2n) is 4.82. The summed E-state index contributed by atoms with van der Waals surface area (Å²) in [7, 11) is 3.13. The van der Waals surface area contributed by atoms with Gasteiger partial charge >= 0.3 is 0 Å². The zero-order chi connectivity index (χ0) is 15.9. The molecule has 1 aromatic carbocycles. The largest absolute Gasteiger partial charge is 0.493 e. The molecular formula is C15H24N2O4. The van der Waals surface area contributed by atoms with Crippen LogP contribution in [0.15, 0.2) is 18.2 Å². The van der Waals surface area contributed by atoms with E-state index in [0.717, 1.165) is 0 Å². The number of carbonyl (C=O) groups excluding carboxylic acids is 1. The molecule has 1 aromatic rings. The van der Waals surface area contributed by atoms with Crippen LogP contribution in [0.5, 0.6) is 17.2 Å². The number of rotatable bonds is 9. The van der Waals surface area contributed by atoms with Crippen molar-refractivity contribution in [2.45, 2.75) is 25.8 Å². The monoisotopic (exact) mass is 296 g/mol. The van der Waals surface area contributed by atoms with Crippen LogP contribution in [-0.4, -0.2) is 38.8 Å². The SMILES string of the molecule is CCNC(C)(CCOc1c(OC)cccc1OC)C(N)=O. The Hall–Kier alpha value is -1.95. The molecule has 0 aliphatic rings. The quantitative estimate of drug-likeness (QED) is 0.718. The molecule has 0 aliphatic heterocycles. The van der Waals surface area contributed by atoms with Gasteiger partial charge in [-0.05, 0) is 25.6 Å². The van der Waals surface area contributed by atoms with Gasteiger partial charge in [-0.2, -0.15) is 0 Å². The maximum atomic E-state index is 11.6. The fourth-order valence-electron chi connectivity index (χ4n) is 2.01. The van der Waals surface area contributed by atoms with E-state index in [4.69, 9.17) is 19.9 Å². The van der Waals surface area contributed by atoms with E-state index in [9.17, 15) is 4.79 Å². The van der Waals surface area contributed by atoms with Crippen LogP contribution < -0.4 is 25.3 Å². The second kappa shape index (κ2) is 7.73. The van der Waals surface area contributed by atoms with E-state index in [1.807, 2.05) is 13.0 Å². The molecule has 0 fully saturated rings. The Kier molecular flexibility index (Phi) is 6.30. The summed E-state index contributed by atoms with van der Waals surface area (Å²) in [5, 5.41) is 3.08. The minimum Gasteiger partial charge on any atom is -0.493 e. The topological polar surface area (TPSA) is 82.8 Å². The van der Waals surface area contributed by atoms with Crippen molar-refractivity contribution < 1.29 is 19.0 Å². The van der Waals surface area contributed by atoms with Crippen molar-refractivity contribution in [3.63, 3.8) is 0 Å². The third-order valence-corrected chi connectivity index (χ3v) is 3.34. The fraction of sp³-hybridized carbons (Fsp3) is 0.533. The van der Waals surface area contributed by atoms with Crippen molar-refractivity contribution in [1.29, 1.82) is 0 Å². The number of para-hydroxylation sites is 1. The van der Waals surface area contributed by atoms with Crippen LogP contribution >= 0.6 is 0 Å². The van der Waals surface area contributed by atoms with E-state index in [1.54, 1.807) is 33.3 Å². The molecular weight excluding hydrogens is 272 g/mol. The van der Waals surface area contributed by atoms with Gasteiger partial charge in [0.25, 0.3) is 0 Å². The summed E-state index contributed by atoms with van der Waals surface area (Å²) >= 11 is 0. The zero-order valence-corrected chi connectivity index (χ0v) is 13.1. The van der Waals surface area contributed by atoms with Gasteiger partial charge in [0, 0.05) is 6.42 Å². The number of primary amides is 1. The van der Waals surface area contributed by atoms with Crippen molar-refractivity contribution in [3.05, 3.63) is 18.2 Å². The highest BCUT2D eigenvalue weighted by Crippen LogP contribution is 2.36. The molecule has 1 atom stereocenters. The summed E-state index contributed by atoms with van der Waals surface area (Å²) in [5.74, 6) is 1.28. The Morgan fingerprint density at radius 2 is 1.86 bits per heavy atom. The number of hydrogen-bond donors (Lipinski definition) is 2. The molecule has 0 saturated carbocycles. The first kappa shape index (κ1) is 17.1. The number of hydrogen-bond acceptors (Lipinski definition) is 5. The summed E-state index contributed by atoms with van der Waals surface area (Å²) < 4.78 is 16.3. The molecule has 0 bridgehead atoms. The van der Waals surface area contributed by atoms with Gasteiger partial charge in [0.1, 0.15) is 0 Å². The predicted molar refractivity (Wildman–Crippen MR) is 80.9 cm³/mol. The fourth-order valence-corrected chi connectivity index (χ4v) is 2.01. The van der Waals surface area contributed by atoms with Gasteiger partial charge in [0.2, 0.25) is 11.7 Å². The Bertz CT molecular complexity index is 456. The van der Waals surface area contributed by atoms with E-state index in [2.05, 4.69) is 5.32 Å². The average Bonchev–Trinajstić information content (AvgIpc) is 2.47. The van der Waals surface area contributed by atoms with Crippen molar-refractivity contribution in [3.8, 4) is 17.2 Å². The molecule has 0 radical (unpaired) electrons. The second-order valence-corrected chi connectivity index (χ2v) is 4.82. The molecule has 1 unspecified atom stereocenters. The Morgan fingerprint density at radius 1 is 1.29 bits per heavy atom. The van der Waals surface area contributed by atoms with Gasteiger partial charge in [-0.15, -0.1) is 0 Å². The first-order valence-corrected chi connectivity index (χ1v) is 6.87. The molecule has 6 heteroatoms. The standard InChI is InChI=1S/C15H24N2O4/c1-5-17-15(2,14(16)18)9-10-21-13-11(19-3)7-6-8-12(13)20-4/h6-8,17H,5,9-10H2,1-4H3,(H2,16,18). The average molecular weight is 296 g/mol. The molecule has 0 aliphatic carbocycles. The number of carbonyl (C=O) groups is 1. The van der Waals surface area contributed by atoms with Gasteiger partial charge in [-0.3, -0.25) is 4.79 Å². The van der Waals surface area contributed by atoms with Crippen LogP contribution in [0.1, 0.15) is 20.3 Å². The normalized spacial score (nSPS) is 13.3. The molecule has 0 heterocycles. The van der Waals surface area contributed by atoms with Gasteiger partial charge in [0.05, 0.1) is 26.4 Å². The van der Waals surface area contributed by atoms with Gasteiger partial charge < -0.3 is 25.3 Å². The number of nitrogens with one attached hydrogen (secondary N) is 1. The Labute approximate surface area is 125 Å². The van der Waals surface area contributed by atoms with Crippen LogP contribution in [0.4, 0.5) is 0 Å². The van der Waals surface area contributed by atoms with E-state index < -0.39 is 11.4 Å². The first-order chi connectivity index (χ1) is 9.98. The van der Waals surface area contributed by atoms with Crippen molar-refractivity contribution in [1.82, 2.24) is 5.32 Å². The van der Waals surface area contributed by atoms with E-state index in [0.29, 0.717) is 36.8 Å². The third-order valence-electron chi connectivity index (χ3n) is 3.34. The predicted octanol–water partition coefficient (Wildman–Crippen LogP) is 1.33. The third kappa shape index (κ3) is 4.26. The van der Waals surface area contributed by atoms with Crippen molar-refractivity contribution in [2.24, 2.45) is 5.73 Å². The molecule has 0 spiro atoms. The highest BCUT2D eigenvalue weighted by atomic mass is 16.5. The lowest BCUT2D eigenvalue weighted by molar-refractivity contribution is -0.124. The van der Waals surface area contributed by atoms with Gasteiger partial charge in [-0.1, -0.05) is 13.0 Å². The molecule has 0 aromatic heterocycles. The van der Waals surface area contributed by atoms with E-state index in [1.165, 1.54) is 0 Å². The van der Waals surface area contributed by atoms with Gasteiger partial charge in [-0.25, -0.2) is 0 Å². The minimum absolute atomic E-state index is 0.309. The summed E-state index contributed by atoms with van der Waals surface area (Å²) in [4.78, 5) is 11.6. The van der Waals surface area contributed by atoms with Crippen molar-refractivity contribution >= 4 is 5.91 Å². The first-order valence-electron chi connectivity index (χ1n) is 6.87. The number of ether oxygens (including phenoxy) is 3.